The third-order valence-electron chi connectivity index (χ3n) is 3.67. The van der Waals surface area contributed by atoms with Crippen molar-refractivity contribution in [2.75, 3.05) is 0 Å². The average Bonchev–Trinajstić information content (AvgIpc) is 2.47. The van der Waals surface area contributed by atoms with Gasteiger partial charge in [-0.05, 0) is 43.4 Å². The Morgan fingerprint density at radius 2 is 1.77 bits per heavy atom. The minimum atomic E-state index is -1.08. The standard InChI is InChI=1S/C18H23NO3/c1-5-7-14(8-6-2)17(20)19-16(18(21)22)15-10-9-12(3)13(4)11-15/h5-6,9-11,14,16H,1-2,7-8H2,3-4H3,(H,19,20)(H,21,22). The molecule has 0 spiro atoms. The number of hydrogen-bond acceptors (Lipinski definition) is 2. The van der Waals surface area contributed by atoms with Crippen molar-refractivity contribution in [2.45, 2.75) is 32.7 Å². The summed E-state index contributed by atoms with van der Waals surface area (Å²) in [4.78, 5) is 23.8. The van der Waals surface area contributed by atoms with Crippen molar-refractivity contribution < 1.29 is 14.7 Å². The molecule has 0 fully saturated rings. The van der Waals surface area contributed by atoms with Gasteiger partial charge in [0.05, 0.1) is 0 Å². The molecule has 4 nitrogen and oxygen atoms in total. The maximum atomic E-state index is 12.3. The van der Waals surface area contributed by atoms with E-state index in [-0.39, 0.29) is 11.8 Å². The van der Waals surface area contributed by atoms with Crippen LogP contribution in [0.5, 0.6) is 0 Å². The number of nitrogens with one attached hydrogen (secondary N) is 1. The van der Waals surface area contributed by atoms with Gasteiger partial charge in [0, 0.05) is 5.92 Å². The number of carbonyl (C=O) groups is 2. The second-order valence-corrected chi connectivity index (χ2v) is 5.37. The van der Waals surface area contributed by atoms with E-state index in [1.807, 2.05) is 19.9 Å². The predicted molar refractivity (Wildman–Crippen MR) is 87.6 cm³/mol. The number of carboxylic acid groups (broad SMARTS) is 1. The lowest BCUT2D eigenvalue weighted by molar-refractivity contribution is -0.142. The largest absolute Gasteiger partial charge is 0.479 e. The Kier molecular flexibility index (Phi) is 6.57. The van der Waals surface area contributed by atoms with E-state index in [4.69, 9.17) is 0 Å². The fourth-order valence-corrected chi connectivity index (χ4v) is 2.20. The van der Waals surface area contributed by atoms with E-state index in [0.717, 1.165) is 11.1 Å². The van der Waals surface area contributed by atoms with Gasteiger partial charge in [-0.1, -0.05) is 30.4 Å². The van der Waals surface area contributed by atoms with Gasteiger partial charge in [0.2, 0.25) is 5.91 Å². The molecule has 0 bridgehead atoms. The summed E-state index contributed by atoms with van der Waals surface area (Å²) >= 11 is 0. The van der Waals surface area contributed by atoms with Crippen molar-refractivity contribution in [3.63, 3.8) is 0 Å². The first-order chi connectivity index (χ1) is 10.4. The van der Waals surface area contributed by atoms with Crippen LogP contribution in [0.3, 0.4) is 0 Å². The van der Waals surface area contributed by atoms with Gasteiger partial charge in [-0.25, -0.2) is 4.79 Å². The molecular weight excluding hydrogens is 278 g/mol. The van der Waals surface area contributed by atoms with Crippen molar-refractivity contribution in [2.24, 2.45) is 5.92 Å². The smallest absolute Gasteiger partial charge is 0.330 e. The molecule has 2 N–H and O–H groups in total. The third kappa shape index (κ3) is 4.58. The number of carboxylic acids is 1. The van der Waals surface area contributed by atoms with Crippen LogP contribution in [0.4, 0.5) is 0 Å². The summed E-state index contributed by atoms with van der Waals surface area (Å²) in [5.41, 5.74) is 2.64. The summed E-state index contributed by atoms with van der Waals surface area (Å²) in [5, 5.41) is 12.0. The summed E-state index contributed by atoms with van der Waals surface area (Å²) < 4.78 is 0. The first-order valence-corrected chi connectivity index (χ1v) is 7.22. The zero-order valence-electron chi connectivity index (χ0n) is 13.1. The molecule has 0 aromatic heterocycles. The maximum Gasteiger partial charge on any atom is 0.330 e. The minimum absolute atomic E-state index is 0.301. The van der Waals surface area contributed by atoms with Crippen molar-refractivity contribution in [3.05, 3.63) is 60.2 Å². The average molecular weight is 301 g/mol. The lowest BCUT2D eigenvalue weighted by Crippen LogP contribution is -2.37. The lowest BCUT2D eigenvalue weighted by atomic mass is 9.97. The van der Waals surface area contributed by atoms with Gasteiger partial charge in [-0.3, -0.25) is 4.79 Å². The number of aliphatic carboxylic acids is 1. The first kappa shape index (κ1) is 17.7. The summed E-state index contributed by atoms with van der Waals surface area (Å²) in [6, 6.07) is 4.34. The molecule has 1 amide bonds. The summed E-state index contributed by atoms with van der Waals surface area (Å²) in [7, 11) is 0. The fraction of sp³-hybridized carbons (Fsp3) is 0.333. The molecule has 1 unspecified atom stereocenters. The summed E-state index contributed by atoms with van der Waals surface area (Å²) in [5.74, 6) is -1.72. The lowest BCUT2D eigenvalue weighted by Gasteiger charge is -2.19. The van der Waals surface area contributed by atoms with Crippen LogP contribution in [-0.4, -0.2) is 17.0 Å². The van der Waals surface area contributed by atoms with E-state index in [9.17, 15) is 14.7 Å². The van der Waals surface area contributed by atoms with Crippen molar-refractivity contribution in [1.29, 1.82) is 0 Å². The van der Waals surface area contributed by atoms with Crippen LogP contribution in [0.2, 0.25) is 0 Å². The van der Waals surface area contributed by atoms with Crippen molar-refractivity contribution in [3.8, 4) is 0 Å². The predicted octanol–water partition coefficient (Wildman–Crippen LogP) is 3.31. The number of allylic oxidation sites excluding steroid dienone is 2. The number of carbonyl (C=O) groups excluding carboxylic acids is 1. The molecule has 4 heteroatoms. The molecule has 0 aliphatic carbocycles. The highest BCUT2D eigenvalue weighted by Gasteiger charge is 2.25. The van der Waals surface area contributed by atoms with Crippen molar-refractivity contribution >= 4 is 11.9 Å². The molecule has 0 radical (unpaired) electrons. The van der Waals surface area contributed by atoms with Gasteiger partial charge >= 0.3 is 5.97 Å². The van der Waals surface area contributed by atoms with Gasteiger partial charge in [0.15, 0.2) is 6.04 Å². The zero-order valence-corrected chi connectivity index (χ0v) is 13.1. The molecular formula is C18H23NO3. The van der Waals surface area contributed by atoms with E-state index in [0.29, 0.717) is 18.4 Å². The number of rotatable bonds is 8. The quantitative estimate of drug-likeness (QED) is 0.724. The van der Waals surface area contributed by atoms with E-state index in [1.165, 1.54) is 0 Å². The number of hydrogen-bond donors (Lipinski definition) is 2. The van der Waals surface area contributed by atoms with E-state index < -0.39 is 12.0 Å². The summed E-state index contributed by atoms with van der Waals surface area (Å²) in [6.45, 7) is 11.1. The third-order valence-corrected chi connectivity index (χ3v) is 3.67. The maximum absolute atomic E-state index is 12.3. The number of amides is 1. The van der Waals surface area contributed by atoms with Gasteiger partial charge in [-0.2, -0.15) is 0 Å². The van der Waals surface area contributed by atoms with E-state index in [1.54, 1.807) is 24.3 Å². The molecule has 1 rings (SSSR count). The highest BCUT2D eigenvalue weighted by Crippen LogP contribution is 2.19. The molecule has 0 heterocycles. The normalized spacial score (nSPS) is 11.8. The molecule has 0 saturated carbocycles. The Balaban J connectivity index is 2.98. The molecule has 118 valence electrons. The Morgan fingerprint density at radius 1 is 1.18 bits per heavy atom. The van der Waals surface area contributed by atoms with Crippen LogP contribution in [0.25, 0.3) is 0 Å². The molecule has 1 atom stereocenters. The Hall–Kier alpha value is -2.36. The Bertz CT molecular complexity index is 568. The van der Waals surface area contributed by atoms with Crippen LogP contribution in [-0.2, 0) is 9.59 Å². The van der Waals surface area contributed by atoms with Crippen LogP contribution in [0, 0.1) is 19.8 Å². The van der Waals surface area contributed by atoms with Gasteiger partial charge in [0.1, 0.15) is 0 Å². The second-order valence-electron chi connectivity index (χ2n) is 5.37. The fourth-order valence-electron chi connectivity index (χ4n) is 2.20. The van der Waals surface area contributed by atoms with Gasteiger partial charge in [0.25, 0.3) is 0 Å². The van der Waals surface area contributed by atoms with Gasteiger partial charge in [-0.15, -0.1) is 13.2 Å². The highest BCUT2D eigenvalue weighted by molar-refractivity contribution is 5.86. The van der Waals surface area contributed by atoms with E-state index in [2.05, 4.69) is 18.5 Å². The summed E-state index contributed by atoms with van der Waals surface area (Å²) in [6.07, 6.45) is 4.27. The van der Waals surface area contributed by atoms with Crippen LogP contribution in [0.1, 0.15) is 35.6 Å². The van der Waals surface area contributed by atoms with Crippen LogP contribution in [0.15, 0.2) is 43.5 Å². The SMILES string of the molecule is C=CCC(CC=C)C(=O)NC(C(=O)O)c1ccc(C)c(C)c1. The topological polar surface area (TPSA) is 66.4 Å². The molecule has 0 aliphatic heterocycles. The Morgan fingerprint density at radius 3 is 2.23 bits per heavy atom. The molecule has 22 heavy (non-hydrogen) atoms. The second kappa shape index (κ2) is 8.17. The zero-order chi connectivity index (χ0) is 16.7. The number of benzene rings is 1. The molecule has 1 aromatic rings. The monoisotopic (exact) mass is 301 g/mol. The van der Waals surface area contributed by atoms with Gasteiger partial charge < -0.3 is 10.4 Å². The minimum Gasteiger partial charge on any atom is -0.479 e. The molecule has 0 saturated heterocycles. The van der Waals surface area contributed by atoms with Crippen molar-refractivity contribution in [1.82, 2.24) is 5.32 Å². The van der Waals surface area contributed by atoms with Crippen LogP contribution >= 0.6 is 0 Å². The van der Waals surface area contributed by atoms with Crippen LogP contribution < -0.4 is 5.32 Å². The number of aryl methyl sites for hydroxylation is 2. The first-order valence-electron chi connectivity index (χ1n) is 7.22. The van der Waals surface area contributed by atoms with E-state index >= 15 is 0 Å². The highest BCUT2D eigenvalue weighted by atomic mass is 16.4. The molecule has 0 aliphatic rings. The Labute approximate surface area is 131 Å². The molecule has 1 aromatic carbocycles.